The van der Waals surface area contributed by atoms with E-state index in [0.29, 0.717) is 0 Å². The molecule has 0 amide bonds. The molecule has 0 spiro atoms. The van der Waals surface area contributed by atoms with Crippen molar-refractivity contribution in [2.24, 2.45) is 0 Å². The van der Waals surface area contributed by atoms with Gasteiger partial charge in [-0.3, -0.25) is 4.79 Å². The maximum absolute atomic E-state index is 11.4. The molecule has 15 heavy (non-hydrogen) atoms. The third kappa shape index (κ3) is 5.78. The Hall–Kier alpha value is -0.570. The lowest BCUT2D eigenvalue weighted by atomic mass is 9.98. The van der Waals surface area contributed by atoms with Crippen LogP contribution in [0.5, 0.6) is 0 Å². The number of hydrogen-bond donors (Lipinski definition) is 1. The van der Waals surface area contributed by atoms with Gasteiger partial charge in [-0.1, -0.05) is 20.3 Å². The number of ether oxygens (including phenoxy) is 1. The van der Waals surface area contributed by atoms with Crippen molar-refractivity contribution in [1.29, 1.82) is 0 Å². The van der Waals surface area contributed by atoms with E-state index in [2.05, 4.69) is 5.32 Å². The molecule has 0 aromatic heterocycles. The van der Waals surface area contributed by atoms with Gasteiger partial charge in [-0.15, -0.1) is 0 Å². The van der Waals surface area contributed by atoms with Crippen LogP contribution >= 0.6 is 0 Å². The van der Waals surface area contributed by atoms with Crippen LogP contribution in [0.4, 0.5) is 0 Å². The van der Waals surface area contributed by atoms with E-state index >= 15 is 0 Å². The first-order chi connectivity index (χ1) is 7.24. The zero-order valence-electron chi connectivity index (χ0n) is 10.5. The number of likely N-dealkylation sites (N-methyl/N-ethyl adjacent to an activating group) is 1. The monoisotopic (exact) mass is 215 g/mol. The van der Waals surface area contributed by atoms with Crippen molar-refractivity contribution in [3.63, 3.8) is 0 Å². The predicted molar refractivity (Wildman–Crippen MR) is 62.8 cm³/mol. The molecule has 1 fully saturated rings. The van der Waals surface area contributed by atoms with Gasteiger partial charge in [-0.25, -0.2) is 0 Å². The summed E-state index contributed by atoms with van der Waals surface area (Å²) in [6, 6.07) is -0.179. The summed E-state index contributed by atoms with van der Waals surface area (Å²) in [5.41, 5.74) is 0. The van der Waals surface area contributed by atoms with Gasteiger partial charge in [0.05, 0.1) is 0 Å². The highest BCUT2D eigenvalue weighted by molar-refractivity contribution is 5.75. The van der Waals surface area contributed by atoms with E-state index in [-0.39, 0.29) is 18.1 Å². The van der Waals surface area contributed by atoms with E-state index in [9.17, 15) is 4.79 Å². The van der Waals surface area contributed by atoms with Crippen molar-refractivity contribution in [3.8, 4) is 0 Å². The van der Waals surface area contributed by atoms with Gasteiger partial charge in [0.25, 0.3) is 0 Å². The van der Waals surface area contributed by atoms with Crippen molar-refractivity contribution in [2.45, 2.75) is 65.0 Å². The third-order valence-electron chi connectivity index (χ3n) is 2.62. The Morgan fingerprint density at radius 3 is 2.27 bits per heavy atom. The van der Waals surface area contributed by atoms with Crippen molar-refractivity contribution in [2.75, 3.05) is 7.05 Å². The van der Waals surface area contributed by atoms with Gasteiger partial charge in [-0.2, -0.15) is 0 Å². The van der Waals surface area contributed by atoms with Crippen LogP contribution in [-0.4, -0.2) is 25.2 Å². The fraction of sp³-hybridized carbons (Fsp3) is 0.917. The Kier molecular flexibility index (Phi) is 8.38. The molecule has 0 heterocycles. The Balaban J connectivity index is 0.000000921. The molecule has 1 aliphatic carbocycles. The first-order valence-corrected chi connectivity index (χ1v) is 6.12. The summed E-state index contributed by atoms with van der Waals surface area (Å²) < 4.78 is 5.34. The van der Waals surface area contributed by atoms with E-state index in [0.717, 1.165) is 12.8 Å². The van der Waals surface area contributed by atoms with Crippen LogP contribution in [0.3, 0.4) is 0 Å². The molecule has 1 aliphatic rings. The average Bonchev–Trinajstić information content (AvgIpc) is 2.32. The minimum absolute atomic E-state index is 0.116. The summed E-state index contributed by atoms with van der Waals surface area (Å²) in [4.78, 5) is 11.4. The van der Waals surface area contributed by atoms with Gasteiger partial charge in [0.1, 0.15) is 12.1 Å². The summed E-state index contributed by atoms with van der Waals surface area (Å²) in [7, 11) is 1.77. The quantitative estimate of drug-likeness (QED) is 0.735. The van der Waals surface area contributed by atoms with E-state index < -0.39 is 0 Å². The summed E-state index contributed by atoms with van der Waals surface area (Å²) in [6.07, 6.45) is 5.95. The first-order valence-electron chi connectivity index (χ1n) is 6.12. The third-order valence-corrected chi connectivity index (χ3v) is 2.62. The fourth-order valence-electron chi connectivity index (χ4n) is 1.57. The van der Waals surface area contributed by atoms with Gasteiger partial charge < -0.3 is 10.1 Å². The maximum Gasteiger partial charge on any atom is 0.323 e. The zero-order chi connectivity index (χ0) is 11.7. The Bertz CT molecular complexity index is 165. The Morgan fingerprint density at radius 2 is 1.80 bits per heavy atom. The number of carbonyl (C=O) groups excluding carboxylic acids is 1. The second kappa shape index (κ2) is 8.72. The molecule has 0 radical (unpaired) electrons. The Labute approximate surface area is 93.6 Å². The van der Waals surface area contributed by atoms with Crippen molar-refractivity contribution in [1.82, 2.24) is 5.32 Å². The Morgan fingerprint density at radius 1 is 1.27 bits per heavy atom. The number of carbonyl (C=O) groups is 1. The summed E-state index contributed by atoms with van der Waals surface area (Å²) in [5, 5.41) is 2.88. The molecule has 0 aromatic carbocycles. The average molecular weight is 215 g/mol. The molecule has 0 unspecified atom stereocenters. The van der Waals surface area contributed by atoms with Crippen molar-refractivity contribution < 1.29 is 9.53 Å². The van der Waals surface area contributed by atoms with Crippen LogP contribution in [-0.2, 0) is 9.53 Å². The van der Waals surface area contributed by atoms with Crippen LogP contribution in [0, 0.1) is 0 Å². The number of esters is 1. The lowest BCUT2D eigenvalue weighted by Gasteiger charge is -2.23. The highest BCUT2D eigenvalue weighted by Crippen LogP contribution is 2.20. The van der Waals surface area contributed by atoms with Crippen LogP contribution in [0.15, 0.2) is 0 Å². The lowest BCUT2D eigenvalue weighted by Crippen LogP contribution is -2.35. The number of hydrogen-bond acceptors (Lipinski definition) is 3. The van der Waals surface area contributed by atoms with Crippen LogP contribution in [0.1, 0.15) is 52.9 Å². The van der Waals surface area contributed by atoms with Gasteiger partial charge in [0.2, 0.25) is 0 Å². The normalized spacial score (nSPS) is 18.7. The molecule has 1 atom stereocenters. The van der Waals surface area contributed by atoms with E-state index in [1.165, 1.54) is 19.3 Å². The first kappa shape index (κ1) is 14.4. The molecule has 90 valence electrons. The molecule has 0 aromatic rings. The molecule has 0 saturated heterocycles. The molecule has 1 rings (SSSR count). The molecule has 3 nitrogen and oxygen atoms in total. The zero-order valence-corrected chi connectivity index (χ0v) is 10.5. The molecule has 1 saturated carbocycles. The van der Waals surface area contributed by atoms with E-state index in [1.807, 2.05) is 20.8 Å². The smallest absolute Gasteiger partial charge is 0.323 e. The highest BCUT2D eigenvalue weighted by Gasteiger charge is 2.20. The summed E-state index contributed by atoms with van der Waals surface area (Å²) in [5.74, 6) is -0.116. The molecule has 0 aliphatic heterocycles. The van der Waals surface area contributed by atoms with Gasteiger partial charge >= 0.3 is 5.97 Å². The number of rotatable bonds is 3. The number of nitrogens with one attached hydrogen (secondary N) is 1. The largest absolute Gasteiger partial charge is 0.461 e. The molecule has 0 bridgehead atoms. The van der Waals surface area contributed by atoms with E-state index in [1.54, 1.807) is 7.05 Å². The maximum atomic E-state index is 11.4. The van der Waals surface area contributed by atoms with Gasteiger partial charge in [-0.05, 0) is 39.7 Å². The van der Waals surface area contributed by atoms with Crippen molar-refractivity contribution in [3.05, 3.63) is 0 Å². The van der Waals surface area contributed by atoms with E-state index in [4.69, 9.17) is 4.74 Å². The molecule has 1 N–H and O–H groups in total. The van der Waals surface area contributed by atoms with Crippen LogP contribution in [0.2, 0.25) is 0 Å². The lowest BCUT2D eigenvalue weighted by molar-refractivity contribution is -0.152. The SMILES string of the molecule is CC.CN[C@H](C)C(=O)OC1CCCCC1. The van der Waals surface area contributed by atoms with Crippen molar-refractivity contribution >= 4 is 5.97 Å². The predicted octanol–water partition coefficient (Wildman–Crippen LogP) is 2.50. The minimum atomic E-state index is -0.179. The summed E-state index contributed by atoms with van der Waals surface area (Å²) >= 11 is 0. The standard InChI is InChI=1S/C10H19NO2.C2H6/c1-8(11-2)10(12)13-9-6-4-3-5-7-9;1-2/h8-9,11H,3-7H2,1-2H3;1-2H3/t8-;/m1./s1. The van der Waals surface area contributed by atoms with Crippen LogP contribution in [0.25, 0.3) is 0 Å². The molecular weight excluding hydrogens is 190 g/mol. The summed E-state index contributed by atoms with van der Waals surface area (Å²) in [6.45, 7) is 5.82. The second-order valence-corrected chi connectivity index (χ2v) is 3.71. The molecular formula is C12H25NO2. The van der Waals surface area contributed by atoms with Gasteiger partial charge in [0.15, 0.2) is 0 Å². The molecule has 3 heteroatoms. The minimum Gasteiger partial charge on any atom is -0.461 e. The highest BCUT2D eigenvalue weighted by atomic mass is 16.5. The fourth-order valence-corrected chi connectivity index (χ4v) is 1.57. The topological polar surface area (TPSA) is 38.3 Å². The van der Waals surface area contributed by atoms with Gasteiger partial charge in [0, 0.05) is 0 Å². The van der Waals surface area contributed by atoms with Crippen LogP contribution < -0.4 is 5.32 Å². The second-order valence-electron chi connectivity index (χ2n) is 3.71.